The number of aryl methyl sites for hydroxylation is 1. The highest BCUT2D eigenvalue weighted by Gasteiger charge is 2.16. The molecule has 0 N–H and O–H groups in total. The van der Waals surface area contributed by atoms with E-state index >= 15 is 0 Å². The van der Waals surface area contributed by atoms with Crippen molar-refractivity contribution in [1.29, 1.82) is 0 Å². The summed E-state index contributed by atoms with van der Waals surface area (Å²) >= 11 is 6.11. The van der Waals surface area contributed by atoms with Gasteiger partial charge in [-0.1, -0.05) is 24.4 Å². The van der Waals surface area contributed by atoms with Crippen molar-refractivity contribution in [3.05, 3.63) is 17.2 Å². The van der Waals surface area contributed by atoms with Crippen LogP contribution in [0, 0.1) is 0 Å². The minimum atomic E-state index is 0.356. The summed E-state index contributed by atoms with van der Waals surface area (Å²) in [4.78, 5) is 8.69. The fourth-order valence-electron chi connectivity index (χ4n) is 2.34. The Morgan fingerprint density at radius 3 is 2.94 bits per heavy atom. The van der Waals surface area contributed by atoms with Gasteiger partial charge in [-0.3, -0.25) is 4.68 Å². The van der Waals surface area contributed by atoms with Crippen molar-refractivity contribution < 1.29 is 4.74 Å². The fraction of sp³-hybridized carbons (Fsp3) is 0.583. The molecule has 2 aromatic rings. The van der Waals surface area contributed by atoms with E-state index in [1.165, 1.54) is 12.8 Å². The highest BCUT2D eigenvalue weighted by molar-refractivity contribution is 6.33. The smallest absolute Gasteiger partial charge is 0.162 e. The van der Waals surface area contributed by atoms with E-state index in [0.717, 1.165) is 23.9 Å². The first-order valence-corrected chi connectivity index (χ1v) is 6.57. The summed E-state index contributed by atoms with van der Waals surface area (Å²) in [6.45, 7) is 0.422. The van der Waals surface area contributed by atoms with Crippen molar-refractivity contribution >= 4 is 22.6 Å². The summed E-state index contributed by atoms with van der Waals surface area (Å²) < 4.78 is 7.49. The van der Waals surface area contributed by atoms with Crippen LogP contribution in [0.4, 0.5) is 0 Å². The van der Waals surface area contributed by atoms with E-state index in [4.69, 9.17) is 16.3 Å². The molecule has 0 aromatic carbocycles. The van der Waals surface area contributed by atoms with Gasteiger partial charge in [0.2, 0.25) is 0 Å². The third-order valence-electron chi connectivity index (χ3n) is 3.34. The number of hydrogen-bond donors (Lipinski definition) is 0. The molecule has 0 aliphatic heterocycles. The monoisotopic (exact) mass is 266 g/mol. The average molecular weight is 267 g/mol. The van der Waals surface area contributed by atoms with Gasteiger partial charge in [0.1, 0.15) is 11.8 Å². The molecule has 1 saturated carbocycles. The standard InChI is InChI=1S/C12H15ClN4O/c1-17-12-9(6-14-17)11(13)15-10(16-12)7-18-8-4-2-3-5-8/h6,8H,2-5,7H2,1H3. The van der Waals surface area contributed by atoms with Crippen molar-refractivity contribution in [2.24, 2.45) is 7.05 Å². The molecule has 0 unspecified atom stereocenters. The Hall–Kier alpha value is -1.20. The van der Waals surface area contributed by atoms with Crippen LogP contribution in [0.5, 0.6) is 0 Å². The topological polar surface area (TPSA) is 52.8 Å². The van der Waals surface area contributed by atoms with E-state index in [9.17, 15) is 0 Å². The van der Waals surface area contributed by atoms with Gasteiger partial charge in [-0.2, -0.15) is 5.10 Å². The minimum Gasteiger partial charge on any atom is -0.370 e. The van der Waals surface area contributed by atoms with Crippen LogP contribution in [-0.2, 0) is 18.4 Å². The molecule has 96 valence electrons. The van der Waals surface area contributed by atoms with Crippen molar-refractivity contribution in [2.45, 2.75) is 38.4 Å². The summed E-state index contributed by atoms with van der Waals surface area (Å²) in [6, 6.07) is 0. The summed E-state index contributed by atoms with van der Waals surface area (Å²) in [5, 5.41) is 5.35. The largest absolute Gasteiger partial charge is 0.370 e. The number of halogens is 1. The van der Waals surface area contributed by atoms with Gasteiger partial charge in [0, 0.05) is 7.05 Å². The van der Waals surface area contributed by atoms with Crippen molar-refractivity contribution in [3.8, 4) is 0 Å². The number of hydrogen-bond acceptors (Lipinski definition) is 4. The lowest BCUT2D eigenvalue weighted by Crippen LogP contribution is -2.09. The molecule has 5 nitrogen and oxygen atoms in total. The van der Waals surface area contributed by atoms with Gasteiger partial charge >= 0.3 is 0 Å². The van der Waals surface area contributed by atoms with Gasteiger partial charge in [-0.15, -0.1) is 0 Å². The quantitative estimate of drug-likeness (QED) is 0.801. The third-order valence-corrected chi connectivity index (χ3v) is 3.63. The van der Waals surface area contributed by atoms with Crippen LogP contribution in [0.25, 0.3) is 11.0 Å². The molecule has 1 fully saturated rings. The first kappa shape index (κ1) is 11.9. The number of ether oxygens (including phenoxy) is 1. The van der Waals surface area contributed by atoms with Crippen molar-refractivity contribution in [1.82, 2.24) is 19.7 Å². The third kappa shape index (κ3) is 2.20. The van der Waals surface area contributed by atoms with Gasteiger partial charge in [0.15, 0.2) is 11.5 Å². The second kappa shape index (κ2) is 4.82. The second-order valence-corrected chi connectivity index (χ2v) is 5.01. The van der Waals surface area contributed by atoms with E-state index in [2.05, 4.69) is 15.1 Å². The van der Waals surface area contributed by atoms with Crippen LogP contribution in [0.1, 0.15) is 31.5 Å². The maximum absolute atomic E-state index is 6.11. The fourth-order valence-corrected chi connectivity index (χ4v) is 2.57. The van der Waals surface area contributed by atoms with E-state index in [1.54, 1.807) is 10.9 Å². The zero-order valence-corrected chi connectivity index (χ0v) is 11.0. The Morgan fingerprint density at radius 2 is 2.17 bits per heavy atom. The lowest BCUT2D eigenvalue weighted by Gasteiger charge is -2.10. The van der Waals surface area contributed by atoms with E-state index in [1.807, 2.05) is 7.05 Å². The highest BCUT2D eigenvalue weighted by Crippen LogP contribution is 2.23. The molecule has 2 heterocycles. The number of aromatic nitrogens is 4. The first-order valence-electron chi connectivity index (χ1n) is 6.20. The summed E-state index contributed by atoms with van der Waals surface area (Å²) in [5.74, 6) is 0.628. The number of rotatable bonds is 3. The molecular formula is C12H15ClN4O. The first-order chi connectivity index (χ1) is 8.74. The highest BCUT2D eigenvalue weighted by atomic mass is 35.5. The van der Waals surface area contributed by atoms with Crippen LogP contribution in [0.15, 0.2) is 6.20 Å². The summed E-state index contributed by atoms with van der Waals surface area (Å²) in [7, 11) is 1.84. The SMILES string of the molecule is Cn1ncc2c(Cl)nc(COC3CCCC3)nc21. The maximum Gasteiger partial charge on any atom is 0.162 e. The van der Waals surface area contributed by atoms with E-state index in [-0.39, 0.29) is 0 Å². The minimum absolute atomic E-state index is 0.356. The molecule has 6 heteroatoms. The predicted molar refractivity (Wildman–Crippen MR) is 68.4 cm³/mol. The molecule has 1 aliphatic rings. The second-order valence-electron chi connectivity index (χ2n) is 4.65. The molecule has 18 heavy (non-hydrogen) atoms. The van der Waals surface area contributed by atoms with Gasteiger partial charge in [0.05, 0.1) is 17.7 Å². The van der Waals surface area contributed by atoms with Gasteiger partial charge in [-0.05, 0) is 12.8 Å². The Kier molecular flexibility index (Phi) is 3.18. The molecule has 0 bridgehead atoms. The zero-order valence-electron chi connectivity index (χ0n) is 10.3. The molecule has 0 amide bonds. The number of fused-ring (bicyclic) bond motifs is 1. The zero-order chi connectivity index (χ0) is 12.5. The number of nitrogens with zero attached hydrogens (tertiary/aromatic N) is 4. The predicted octanol–water partition coefficient (Wildman–Crippen LogP) is 2.48. The van der Waals surface area contributed by atoms with E-state index in [0.29, 0.717) is 23.7 Å². The molecule has 0 radical (unpaired) electrons. The van der Waals surface area contributed by atoms with Gasteiger partial charge < -0.3 is 4.74 Å². The van der Waals surface area contributed by atoms with Crippen LogP contribution in [0.3, 0.4) is 0 Å². The molecule has 3 rings (SSSR count). The molecule has 1 aliphatic carbocycles. The molecular weight excluding hydrogens is 252 g/mol. The lowest BCUT2D eigenvalue weighted by molar-refractivity contribution is 0.0418. The van der Waals surface area contributed by atoms with Gasteiger partial charge in [0.25, 0.3) is 0 Å². The molecule has 2 aromatic heterocycles. The molecule has 0 spiro atoms. The van der Waals surface area contributed by atoms with Crippen molar-refractivity contribution in [3.63, 3.8) is 0 Å². The van der Waals surface area contributed by atoms with Gasteiger partial charge in [-0.25, -0.2) is 9.97 Å². The maximum atomic E-state index is 6.11. The van der Waals surface area contributed by atoms with Crippen molar-refractivity contribution in [2.75, 3.05) is 0 Å². The van der Waals surface area contributed by atoms with Crippen LogP contribution in [-0.4, -0.2) is 25.9 Å². The Balaban J connectivity index is 1.81. The Bertz CT molecular complexity index is 562. The lowest BCUT2D eigenvalue weighted by atomic mass is 10.3. The Morgan fingerprint density at radius 1 is 1.39 bits per heavy atom. The molecule has 0 atom stereocenters. The van der Waals surface area contributed by atoms with Crippen LogP contribution in [0.2, 0.25) is 5.15 Å². The summed E-state index contributed by atoms with van der Waals surface area (Å²) in [5.41, 5.74) is 0.750. The summed E-state index contributed by atoms with van der Waals surface area (Å²) in [6.07, 6.45) is 6.83. The Labute approximate surface area is 110 Å². The molecule has 0 saturated heterocycles. The normalized spacial score (nSPS) is 16.8. The van der Waals surface area contributed by atoms with Crippen LogP contribution >= 0.6 is 11.6 Å². The van der Waals surface area contributed by atoms with E-state index < -0.39 is 0 Å². The average Bonchev–Trinajstić information content (AvgIpc) is 2.98. The van der Waals surface area contributed by atoms with Crippen LogP contribution < -0.4 is 0 Å².